The summed E-state index contributed by atoms with van der Waals surface area (Å²) in [5, 5.41) is 18.5. The van der Waals surface area contributed by atoms with Crippen LogP contribution in [0.2, 0.25) is 0 Å². The molecule has 0 fully saturated rings. The second kappa shape index (κ2) is 19.0. The van der Waals surface area contributed by atoms with Gasteiger partial charge in [0, 0.05) is 36.6 Å². The zero-order valence-electron chi connectivity index (χ0n) is 25.3. The largest absolute Gasteiger partial charge is 0.480 e. The van der Waals surface area contributed by atoms with Gasteiger partial charge >= 0.3 is 5.97 Å². The first-order valence-electron chi connectivity index (χ1n) is 14.5. The summed E-state index contributed by atoms with van der Waals surface area (Å²) >= 11 is 1.45. The van der Waals surface area contributed by atoms with Crippen molar-refractivity contribution in [3.8, 4) is 0 Å². The molecule has 4 unspecified atom stereocenters. The third-order valence-electron chi connectivity index (χ3n) is 6.84. The summed E-state index contributed by atoms with van der Waals surface area (Å²) in [5.41, 5.74) is 29.1. The average molecular weight is 648 g/mol. The lowest BCUT2D eigenvalue weighted by molar-refractivity contribution is -0.142. The number of carboxylic acids is 1. The van der Waals surface area contributed by atoms with Gasteiger partial charge in [-0.15, -0.1) is 0 Å². The molecule has 0 spiro atoms. The van der Waals surface area contributed by atoms with Crippen LogP contribution < -0.4 is 44.6 Å². The van der Waals surface area contributed by atoms with Crippen LogP contribution in [-0.2, 0) is 25.6 Å². The van der Waals surface area contributed by atoms with Crippen LogP contribution in [0.25, 0.3) is 10.9 Å². The molecule has 17 heteroatoms. The second-order valence-corrected chi connectivity index (χ2v) is 11.4. The number of carbonyl (C=O) groups excluding carboxylic acids is 3. The van der Waals surface area contributed by atoms with Crippen molar-refractivity contribution in [3.63, 3.8) is 0 Å². The van der Waals surface area contributed by atoms with Gasteiger partial charge in [0.05, 0.1) is 6.04 Å². The summed E-state index contributed by atoms with van der Waals surface area (Å²) in [6.45, 7) is 0.478. The number of nitrogens with two attached hydrogens (primary N) is 5. The van der Waals surface area contributed by atoms with Crippen LogP contribution in [0.4, 0.5) is 0 Å². The van der Waals surface area contributed by atoms with Crippen molar-refractivity contribution >= 4 is 58.3 Å². The van der Waals surface area contributed by atoms with E-state index in [1.807, 2.05) is 30.5 Å². The maximum Gasteiger partial charge on any atom is 0.326 e. The van der Waals surface area contributed by atoms with Gasteiger partial charge in [-0.25, -0.2) is 4.79 Å². The molecule has 4 atom stereocenters. The van der Waals surface area contributed by atoms with Crippen LogP contribution in [0.1, 0.15) is 37.7 Å². The van der Waals surface area contributed by atoms with Crippen molar-refractivity contribution in [1.82, 2.24) is 20.9 Å². The Hall–Kier alpha value is -4.51. The van der Waals surface area contributed by atoms with Crippen molar-refractivity contribution in [2.24, 2.45) is 38.7 Å². The monoisotopic (exact) mass is 647 g/mol. The van der Waals surface area contributed by atoms with E-state index in [2.05, 4.69) is 30.9 Å². The highest BCUT2D eigenvalue weighted by Gasteiger charge is 2.31. The van der Waals surface area contributed by atoms with Gasteiger partial charge in [-0.1, -0.05) is 18.2 Å². The van der Waals surface area contributed by atoms with Gasteiger partial charge in [0.25, 0.3) is 0 Å². The fourth-order valence-electron chi connectivity index (χ4n) is 4.47. The molecule has 0 bridgehead atoms. The topological polar surface area (TPSA) is 295 Å². The minimum atomic E-state index is -1.19. The van der Waals surface area contributed by atoms with Crippen molar-refractivity contribution in [2.75, 3.05) is 25.1 Å². The highest BCUT2D eigenvalue weighted by atomic mass is 32.2. The predicted molar refractivity (Wildman–Crippen MR) is 176 cm³/mol. The van der Waals surface area contributed by atoms with Crippen LogP contribution >= 0.6 is 11.8 Å². The maximum atomic E-state index is 13.7. The fraction of sp³-hybridized carbons (Fsp3) is 0.500. The molecule has 0 aliphatic heterocycles. The molecule has 15 N–H and O–H groups in total. The number of carboxylic acid groups (broad SMARTS) is 1. The Labute approximate surface area is 265 Å². The number of guanidine groups is 2. The van der Waals surface area contributed by atoms with E-state index in [4.69, 9.17) is 28.7 Å². The smallest absolute Gasteiger partial charge is 0.326 e. The summed E-state index contributed by atoms with van der Waals surface area (Å²) in [5.74, 6) is -2.78. The molecule has 0 aliphatic rings. The van der Waals surface area contributed by atoms with Gasteiger partial charge in [0.2, 0.25) is 17.7 Å². The number of aliphatic imine (C=N–C) groups is 2. The van der Waals surface area contributed by atoms with E-state index >= 15 is 0 Å². The van der Waals surface area contributed by atoms with E-state index in [9.17, 15) is 24.3 Å². The first-order chi connectivity index (χ1) is 21.4. The Bertz CT molecular complexity index is 1340. The number of carbonyl (C=O) groups is 4. The zero-order chi connectivity index (χ0) is 33.4. The van der Waals surface area contributed by atoms with E-state index in [1.54, 1.807) is 6.20 Å². The van der Waals surface area contributed by atoms with Crippen LogP contribution in [0, 0.1) is 0 Å². The number of H-pyrrole nitrogens is 1. The summed E-state index contributed by atoms with van der Waals surface area (Å²) < 4.78 is 0. The van der Waals surface area contributed by atoms with Gasteiger partial charge < -0.3 is 54.7 Å². The first kappa shape index (κ1) is 36.7. The predicted octanol–water partition coefficient (Wildman–Crippen LogP) is -1.56. The Kier molecular flexibility index (Phi) is 15.5. The number of hydrogen-bond acceptors (Lipinski definition) is 8. The van der Waals surface area contributed by atoms with Gasteiger partial charge in [-0.2, -0.15) is 11.8 Å². The van der Waals surface area contributed by atoms with Crippen LogP contribution in [0.5, 0.6) is 0 Å². The first-order valence-corrected chi connectivity index (χ1v) is 15.9. The van der Waals surface area contributed by atoms with Crippen LogP contribution in [0.3, 0.4) is 0 Å². The van der Waals surface area contributed by atoms with Crippen molar-refractivity contribution in [3.05, 3.63) is 36.0 Å². The lowest BCUT2D eigenvalue weighted by atomic mass is 10.0. The number of para-hydroxylation sites is 1. The summed E-state index contributed by atoms with van der Waals surface area (Å²) in [7, 11) is 0. The fourth-order valence-corrected chi connectivity index (χ4v) is 4.94. The quantitative estimate of drug-likeness (QED) is 0.0445. The highest BCUT2D eigenvalue weighted by molar-refractivity contribution is 7.98. The summed E-state index contributed by atoms with van der Waals surface area (Å²) in [6.07, 6.45) is 4.95. The number of hydrogen-bond donors (Lipinski definition) is 10. The number of nitrogens with one attached hydrogen (secondary N) is 4. The van der Waals surface area contributed by atoms with Crippen molar-refractivity contribution in [1.29, 1.82) is 0 Å². The van der Waals surface area contributed by atoms with E-state index in [1.165, 1.54) is 11.8 Å². The molecule has 0 radical (unpaired) electrons. The number of amides is 3. The minimum Gasteiger partial charge on any atom is -0.480 e. The molecule has 2 aromatic rings. The highest BCUT2D eigenvalue weighted by Crippen LogP contribution is 2.19. The summed E-state index contributed by atoms with van der Waals surface area (Å²) in [4.78, 5) is 62.9. The molecule has 248 valence electrons. The van der Waals surface area contributed by atoms with Gasteiger partial charge in [-0.05, 0) is 55.7 Å². The van der Waals surface area contributed by atoms with E-state index in [-0.39, 0.29) is 50.7 Å². The van der Waals surface area contributed by atoms with Crippen molar-refractivity contribution < 1.29 is 24.3 Å². The minimum absolute atomic E-state index is 0.0510. The molecule has 0 saturated heterocycles. The molecular weight excluding hydrogens is 602 g/mol. The number of fused-ring (bicyclic) bond motifs is 1. The van der Waals surface area contributed by atoms with E-state index in [0.29, 0.717) is 18.6 Å². The lowest BCUT2D eigenvalue weighted by Crippen LogP contribution is -2.57. The number of nitrogens with zero attached hydrogens (tertiary/aromatic N) is 2. The Morgan fingerprint density at radius 3 is 2.04 bits per heavy atom. The normalized spacial score (nSPS) is 13.6. The Balaban J connectivity index is 2.28. The standard InChI is InChI=1S/C28H45N11O5S/c1-45-13-10-21(26(43)44)38-25(42)22(14-16-15-36-19-8-3-2-6-17(16)19)39-24(41)20(9-5-12-35-28(32)33)37-23(40)18(29)7-4-11-34-27(30)31/h2-3,6,8,15,18,20-22,36H,4-5,7,9-14,29H2,1H3,(H,37,40)(H,38,42)(H,39,41)(H,43,44)(H4,30,31,34)(H4,32,33,35). The van der Waals surface area contributed by atoms with Crippen LogP contribution in [0.15, 0.2) is 40.4 Å². The number of aromatic amines is 1. The molecule has 1 aromatic heterocycles. The number of aliphatic carboxylic acids is 1. The maximum absolute atomic E-state index is 13.7. The number of rotatable bonds is 20. The SMILES string of the molecule is CSCCC(NC(=O)C(Cc1c[nH]c2ccccc12)NC(=O)C(CCCN=C(N)N)NC(=O)C(N)CCCN=C(N)N)C(=O)O. The molecule has 1 heterocycles. The number of benzene rings is 1. The molecule has 0 saturated carbocycles. The van der Waals surface area contributed by atoms with Gasteiger partial charge in [0.15, 0.2) is 11.9 Å². The zero-order valence-corrected chi connectivity index (χ0v) is 26.1. The lowest BCUT2D eigenvalue weighted by Gasteiger charge is -2.25. The number of thioether (sulfide) groups is 1. The average Bonchev–Trinajstić information content (AvgIpc) is 3.40. The molecule has 45 heavy (non-hydrogen) atoms. The molecule has 2 rings (SSSR count). The summed E-state index contributed by atoms with van der Waals surface area (Å²) in [6, 6.07) is 3.08. The molecule has 0 aliphatic carbocycles. The molecule has 3 amide bonds. The third kappa shape index (κ3) is 12.9. The molecule has 1 aromatic carbocycles. The van der Waals surface area contributed by atoms with Gasteiger partial charge in [0.1, 0.15) is 18.1 Å². The molecule has 16 nitrogen and oxygen atoms in total. The Morgan fingerprint density at radius 1 is 0.844 bits per heavy atom. The van der Waals surface area contributed by atoms with Crippen molar-refractivity contribution in [2.45, 2.75) is 62.7 Å². The van der Waals surface area contributed by atoms with Crippen LogP contribution in [-0.4, -0.2) is 95.0 Å². The second-order valence-electron chi connectivity index (χ2n) is 10.4. The third-order valence-corrected chi connectivity index (χ3v) is 7.48. The molecular formula is C28H45N11O5S. The van der Waals surface area contributed by atoms with E-state index in [0.717, 1.165) is 16.5 Å². The van der Waals surface area contributed by atoms with Gasteiger partial charge in [-0.3, -0.25) is 24.4 Å². The van der Waals surface area contributed by atoms with E-state index < -0.39 is 47.9 Å². The Morgan fingerprint density at radius 2 is 1.42 bits per heavy atom. The number of aromatic nitrogens is 1.